The highest BCUT2D eigenvalue weighted by Gasteiger charge is 2.28. The van der Waals surface area contributed by atoms with E-state index < -0.39 is 20.7 Å². The van der Waals surface area contributed by atoms with Gasteiger partial charge in [-0.05, 0) is 57.5 Å². The quantitative estimate of drug-likeness (QED) is 0.550. The molecule has 0 saturated carbocycles. The minimum Gasteiger partial charge on any atom is -0.462 e. The Hall–Kier alpha value is -2.39. The van der Waals surface area contributed by atoms with E-state index in [0.29, 0.717) is 11.4 Å². The molecule has 1 heterocycles. The molecular formula is C17H21ClN4O4S. The first-order chi connectivity index (χ1) is 12.5. The third kappa shape index (κ3) is 5.30. The Labute approximate surface area is 163 Å². The number of nitrogens with one attached hydrogen (secondary N) is 2. The maximum Gasteiger partial charge on any atom is 0.343 e. The maximum atomic E-state index is 12.3. The molecule has 0 bridgehead atoms. The fourth-order valence-corrected chi connectivity index (χ4v) is 2.80. The first kappa shape index (κ1) is 20.9. The van der Waals surface area contributed by atoms with E-state index in [-0.39, 0.29) is 23.3 Å². The lowest BCUT2D eigenvalue weighted by atomic mass is 10.2. The van der Waals surface area contributed by atoms with Crippen LogP contribution in [0.2, 0.25) is 5.28 Å². The van der Waals surface area contributed by atoms with Gasteiger partial charge in [0.25, 0.3) is 0 Å². The molecule has 1 aromatic carbocycles. The van der Waals surface area contributed by atoms with Crippen molar-refractivity contribution in [3.63, 3.8) is 0 Å². The number of hydrogen-bond acceptors (Lipinski definition) is 7. The zero-order chi connectivity index (χ0) is 20.2. The standard InChI is InChI=1S/C17H21ClN4O4S/c1-5-26-15(23)13-10-19-16(18)21-14(13)20-11-7-6-8-12(9-11)22-27(24,25)17(2,3)4/h6-10,22H,5H2,1-4H3,(H,19,20,21). The van der Waals surface area contributed by atoms with Crippen LogP contribution in [0.1, 0.15) is 38.1 Å². The van der Waals surface area contributed by atoms with E-state index in [1.807, 2.05) is 0 Å². The number of aromatic nitrogens is 2. The molecule has 2 N–H and O–H groups in total. The Bertz CT molecular complexity index is 942. The van der Waals surface area contributed by atoms with Crippen LogP contribution in [0.25, 0.3) is 0 Å². The summed E-state index contributed by atoms with van der Waals surface area (Å²) in [6, 6.07) is 6.55. The lowest BCUT2D eigenvalue weighted by Crippen LogP contribution is -2.33. The van der Waals surface area contributed by atoms with E-state index in [1.54, 1.807) is 52.0 Å². The molecule has 0 aliphatic heterocycles. The minimum atomic E-state index is -3.57. The van der Waals surface area contributed by atoms with Gasteiger partial charge < -0.3 is 10.1 Å². The van der Waals surface area contributed by atoms with Crippen LogP contribution in [-0.4, -0.2) is 35.7 Å². The molecule has 0 aliphatic carbocycles. The number of hydrogen-bond donors (Lipinski definition) is 2. The van der Waals surface area contributed by atoms with Gasteiger partial charge in [-0.25, -0.2) is 18.2 Å². The third-order valence-electron chi connectivity index (χ3n) is 3.44. The largest absolute Gasteiger partial charge is 0.462 e. The van der Waals surface area contributed by atoms with E-state index in [2.05, 4.69) is 20.0 Å². The van der Waals surface area contributed by atoms with Crippen molar-refractivity contribution in [2.75, 3.05) is 16.6 Å². The molecule has 0 saturated heterocycles. The number of sulfonamides is 1. The van der Waals surface area contributed by atoms with Gasteiger partial charge in [0, 0.05) is 11.9 Å². The van der Waals surface area contributed by atoms with Gasteiger partial charge in [0.2, 0.25) is 15.3 Å². The molecule has 0 radical (unpaired) electrons. The first-order valence-electron chi connectivity index (χ1n) is 8.12. The van der Waals surface area contributed by atoms with Gasteiger partial charge in [-0.2, -0.15) is 4.98 Å². The molecular weight excluding hydrogens is 392 g/mol. The Morgan fingerprint density at radius 1 is 1.26 bits per heavy atom. The number of nitrogens with zero attached hydrogens (tertiary/aromatic N) is 2. The van der Waals surface area contributed by atoms with Crippen molar-refractivity contribution in [3.05, 3.63) is 41.3 Å². The molecule has 2 rings (SSSR count). The van der Waals surface area contributed by atoms with Crippen molar-refractivity contribution in [3.8, 4) is 0 Å². The second-order valence-corrected chi connectivity index (χ2v) is 9.32. The summed E-state index contributed by atoms with van der Waals surface area (Å²) >= 11 is 5.83. The summed E-state index contributed by atoms with van der Waals surface area (Å²) in [7, 11) is -3.57. The van der Waals surface area contributed by atoms with Crippen LogP contribution in [0.5, 0.6) is 0 Å². The number of carbonyl (C=O) groups excluding carboxylic acids is 1. The molecule has 146 valence electrons. The number of halogens is 1. The molecule has 0 spiro atoms. The fourth-order valence-electron chi connectivity index (χ4n) is 1.92. The van der Waals surface area contributed by atoms with E-state index in [9.17, 15) is 13.2 Å². The summed E-state index contributed by atoms with van der Waals surface area (Å²) < 4.78 is 31.2. The van der Waals surface area contributed by atoms with Gasteiger partial charge in [-0.15, -0.1) is 0 Å². The number of rotatable bonds is 6. The van der Waals surface area contributed by atoms with Crippen LogP contribution < -0.4 is 10.0 Å². The van der Waals surface area contributed by atoms with Crippen molar-refractivity contribution in [1.29, 1.82) is 0 Å². The molecule has 0 amide bonds. The highest BCUT2D eigenvalue weighted by molar-refractivity contribution is 7.94. The zero-order valence-corrected chi connectivity index (χ0v) is 17.0. The van der Waals surface area contributed by atoms with E-state index in [4.69, 9.17) is 16.3 Å². The van der Waals surface area contributed by atoms with E-state index in [0.717, 1.165) is 0 Å². The van der Waals surface area contributed by atoms with Crippen LogP contribution in [0, 0.1) is 0 Å². The minimum absolute atomic E-state index is 0.0462. The number of benzene rings is 1. The lowest BCUT2D eigenvalue weighted by molar-refractivity contribution is 0.0526. The summed E-state index contributed by atoms with van der Waals surface area (Å²) in [5.41, 5.74) is 0.985. The van der Waals surface area contributed by atoms with Crippen LogP contribution in [-0.2, 0) is 14.8 Å². The number of carbonyl (C=O) groups is 1. The van der Waals surface area contributed by atoms with Crippen molar-refractivity contribution in [2.24, 2.45) is 0 Å². The molecule has 0 unspecified atom stereocenters. The molecule has 10 heteroatoms. The van der Waals surface area contributed by atoms with Gasteiger partial charge in [-0.3, -0.25) is 4.72 Å². The SMILES string of the molecule is CCOC(=O)c1cnc(Cl)nc1Nc1cccc(NS(=O)(=O)C(C)(C)C)c1. The average molecular weight is 413 g/mol. The van der Waals surface area contributed by atoms with Crippen molar-refractivity contribution in [1.82, 2.24) is 9.97 Å². The van der Waals surface area contributed by atoms with Crippen molar-refractivity contribution in [2.45, 2.75) is 32.4 Å². The second-order valence-electron chi connectivity index (χ2n) is 6.55. The Kier molecular flexibility index (Phi) is 6.27. The van der Waals surface area contributed by atoms with Gasteiger partial charge in [-0.1, -0.05) is 6.07 Å². The molecule has 0 aliphatic rings. The van der Waals surface area contributed by atoms with Gasteiger partial charge in [0.1, 0.15) is 11.4 Å². The monoisotopic (exact) mass is 412 g/mol. The van der Waals surface area contributed by atoms with E-state index >= 15 is 0 Å². The van der Waals surface area contributed by atoms with Crippen LogP contribution in [0.15, 0.2) is 30.5 Å². The van der Waals surface area contributed by atoms with Gasteiger partial charge >= 0.3 is 5.97 Å². The van der Waals surface area contributed by atoms with Gasteiger partial charge in [0.05, 0.1) is 17.0 Å². The number of esters is 1. The summed E-state index contributed by atoms with van der Waals surface area (Å²) in [5, 5.41) is 2.90. The third-order valence-corrected chi connectivity index (χ3v) is 5.74. The molecule has 2 aromatic rings. The number of ether oxygens (including phenoxy) is 1. The summed E-state index contributed by atoms with van der Waals surface area (Å²) in [6.45, 7) is 6.70. The summed E-state index contributed by atoms with van der Waals surface area (Å²) in [6.07, 6.45) is 1.27. The lowest BCUT2D eigenvalue weighted by Gasteiger charge is -2.20. The van der Waals surface area contributed by atoms with Crippen molar-refractivity contribution < 1.29 is 17.9 Å². The smallest absolute Gasteiger partial charge is 0.343 e. The van der Waals surface area contributed by atoms with Crippen LogP contribution in [0.3, 0.4) is 0 Å². The maximum absolute atomic E-state index is 12.3. The molecule has 1 aromatic heterocycles. The first-order valence-corrected chi connectivity index (χ1v) is 9.98. The van der Waals surface area contributed by atoms with Crippen LogP contribution >= 0.6 is 11.6 Å². The fraction of sp³-hybridized carbons (Fsp3) is 0.353. The van der Waals surface area contributed by atoms with Gasteiger partial charge in [0.15, 0.2) is 0 Å². The highest BCUT2D eigenvalue weighted by atomic mass is 35.5. The van der Waals surface area contributed by atoms with E-state index in [1.165, 1.54) is 6.20 Å². The van der Waals surface area contributed by atoms with Crippen LogP contribution in [0.4, 0.5) is 17.2 Å². The topological polar surface area (TPSA) is 110 Å². The second kappa shape index (κ2) is 8.10. The zero-order valence-electron chi connectivity index (χ0n) is 15.4. The average Bonchev–Trinajstić information content (AvgIpc) is 2.54. The Balaban J connectivity index is 2.32. The predicted octanol–water partition coefficient (Wildman–Crippen LogP) is 3.59. The van der Waals surface area contributed by atoms with Crippen molar-refractivity contribution >= 4 is 44.8 Å². The summed E-state index contributed by atoms with van der Waals surface area (Å²) in [5.74, 6) is -0.439. The molecule has 8 nitrogen and oxygen atoms in total. The number of anilines is 3. The normalized spacial score (nSPS) is 11.7. The highest BCUT2D eigenvalue weighted by Crippen LogP contribution is 2.25. The molecule has 0 fully saturated rings. The Morgan fingerprint density at radius 2 is 1.93 bits per heavy atom. The molecule has 27 heavy (non-hydrogen) atoms. The predicted molar refractivity (Wildman–Crippen MR) is 105 cm³/mol. The Morgan fingerprint density at radius 3 is 2.56 bits per heavy atom. The summed E-state index contributed by atoms with van der Waals surface area (Å²) in [4.78, 5) is 19.9. The molecule has 0 atom stereocenters.